The van der Waals surface area contributed by atoms with E-state index in [4.69, 9.17) is 16.6 Å². The van der Waals surface area contributed by atoms with Gasteiger partial charge in [-0.15, -0.1) is 21.5 Å². The van der Waals surface area contributed by atoms with Gasteiger partial charge in [-0.3, -0.25) is 38.4 Å². The number of nitrogens with zero attached hydrogens (tertiary/aromatic N) is 5. The fourth-order valence-corrected chi connectivity index (χ4v) is 8.60. The van der Waals surface area contributed by atoms with Crippen LogP contribution in [0, 0.1) is 20.8 Å². The number of hydrogen-bond acceptors (Lipinski definition) is 9. The van der Waals surface area contributed by atoms with Gasteiger partial charge in [0.15, 0.2) is 11.6 Å². The van der Waals surface area contributed by atoms with E-state index in [-0.39, 0.29) is 43.0 Å². The zero-order valence-electron chi connectivity index (χ0n) is 28.1. The summed E-state index contributed by atoms with van der Waals surface area (Å²) in [5, 5.41) is 10.5. The Balaban J connectivity index is 1.02. The molecule has 10 nitrogen and oxygen atoms in total. The van der Waals surface area contributed by atoms with Crippen LogP contribution in [0.1, 0.15) is 117 Å². The predicted octanol–water partition coefficient (Wildman–Crippen LogP) is 6.85. The molecule has 0 N–H and O–H groups in total. The highest BCUT2D eigenvalue weighted by molar-refractivity contribution is 7.15. The van der Waals surface area contributed by atoms with Gasteiger partial charge >= 0.3 is 0 Å². The molecule has 2 aromatic carbocycles. The SMILES string of the molecule is Cc1sc2c(c1C)C(c1ccc(Cl)cc1)=N[C@@H](CC(=O)CCCCCc1cccc3c1C(=O)N(C1CCC(=O)CC1=O)C3=O)c1nnc(C)n1-2. The number of carbonyl (C=O) groups is 5. The molecule has 4 heterocycles. The highest BCUT2D eigenvalue weighted by Crippen LogP contribution is 2.40. The molecule has 3 aliphatic rings. The fourth-order valence-electron chi connectivity index (χ4n) is 7.26. The van der Waals surface area contributed by atoms with Crippen molar-refractivity contribution in [1.82, 2.24) is 19.7 Å². The summed E-state index contributed by atoms with van der Waals surface area (Å²) in [6.45, 7) is 6.10. The molecule has 7 rings (SSSR count). The van der Waals surface area contributed by atoms with Crippen molar-refractivity contribution in [2.75, 3.05) is 0 Å². The van der Waals surface area contributed by atoms with E-state index in [1.807, 2.05) is 41.8 Å². The van der Waals surface area contributed by atoms with Crippen LogP contribution in [-0.2, 0) is 20.8 Å². The van der Waals surface area contributed by atoms with E-state index in [1.165, 1.54) is 4.88 Å². The first-order chi connectivity index (χ1) is 24.0. The van der Waals surface area contributed by atoms with Crippen molar-refractivity contribution in [2.45, 2.75) is 90.6 Å². The molecule has 2 atom stereocenters. The van der Waals surface area contributed by atoms with Crippen molar-refractivity contribution >= 4 is 57.8 Å². The van der Waals surface area contributed by atoms with Crippen LogP contribution in [0.2, 0.25) is 5.02 Å². The average Bonchev–Trinajstić information content (AvgIpc) is 3.66. The summed E-state index contributed by atoms with van der Waals surface area (Å²) >= 11 is 7.89. The van der Waals surface area contributed by atoms with Crippen LogP contribution in [0.15, 0.2) is 47.5 Å². The molecule has 0 bridgehead atoms. The number of carbonyl (C=O) groups excluding carboxylic acids is 5. The number of halogens is 1. The molecule has 0 spiro atoms. The number of imide groups is 1. The van der Waals surface area contributed by atoms with Crippen molar-refractivity contribution < 1.29 is 24.0 Å². The summed E-state index contributed by atoms with van der Waals surface area (Å²) in [4.78, 5) is 71.9. The van der Waals surface area contributed by atoms with Crippen molar-refractivity contribution in [1.29, 1.82) is 0 Å². The second kappa shape index (κ2) is 13.6. The van der Waals surface area contributed by atoms with Gasteiger partial charge in [-0.2, -0.15) is 0 Å². The lowest BCUT2D eigenvalue weighted by atomic mass is 9.92. The van der Waals surface area contributed by atoms with E-state index in [9.17, 15) is 24.0 Å². The maximum Gasteiger partial charge on any atom is 0.262 e. The second-order valence-electron chi connectivity index (χ2n) is 13.3. The number of aromatic nitrogens is 3. The Hall–Kier alpha value is -4.61. The van der Waals surface area contributed by atoms with Crippen molar-refractivity contribution in [3.63, 3.8) is 0 Å². The largest absolute Gasteiger partial charge is 0.300 e. The van der Waals surface area contributed by atoms with E-state index >= 15 is 0 Å². The van der Waals surface area contributed by atoms with E-state index in [0.717, 1.165) is 56.5 Å². The monoisotopic (exact) mass is 709 g/mol. The number of benzene rings is 2. The number of thiophene rings is 1. The molecule has 1 unspecified atom stereocenters. The van der Waals surface area contributed by atoms with Gasteiger partial charge in [0.1, 0.15) is 28.4 Å². The van der Waals surface area contributed by atoms with Gasteiger partial charge in [-0.1, -0.05) is 42.3 Å². The van der Waals surface area contributed by atoms with Gasteiger partial charge in [0.25, 0.3) is 11.8 Å². The zero-order chi connectivity index (χ0) is 35.3. The van der Waals surface area contributed by atoms with E-state index in [0.29, 0.717) is 41.2 Å². The molecule has 256 valence electrons. The number of rotatable bonds is 10. The Kier molecular flexibility index (Phi) is 9.21. The Bertz CT molecular complexity index is 2110. The molecule has 4 aromatic rings. The first kappa shape index (κ1) is 33.9. The molecule has 1 fully saturated rings. The summed E-state index contributed by atoms with van der Waals surface area (Å²) in [5.41, 5.74) is 5.28. The molecule has 0 saturated heterocycles. The Morgan fingerprint density at radius 2 is 1.72 bits per heavy atom. The normalized spacial score (nSPS) is 18.6. The topological polar surface area (TPSA) is 132 Å². The number of Topliss-reactive ketones (excluding diaryl/α,β-unsaturated/α-hetero) is 3. The number of aliphatic imine (C=N–C) groups is 1. The Morgan fingerprint density at radius 1 is 0.940 bits per heavy atom. The van der Waals surface area contributed by atoms with Crippen molar-refractivity contribution in [2.24, 2.45) is 4.99 Å². The van der Waals surface area contributed by atoms with Crippen LogP contribution in [0.3, 0.4) is 0 Å². The second-order valence-corrected chi connectivity index (χ2v) is 14.9. The van der Waals surface area contributed by atoms with E-state index < -0.39 is 23.9 Å². The van der Waals surface area contributed by atoms with Gasteiger partial charge in [-0.05, 0) is 75.8 Å². The Morgan fingerprint density at radius 3 is 2.48 bits per heavy atom. The third-order valence-electron chi connectivity index (χ3n) is 9.96. The predicted molar refractivity (Wildman–Crippen MR) is 190 cm³/mol. The molecule has 2 aromatic heterocycles. The van der Waals surface area contributed by atoms with Crippen LogP contribution in [0.25, 0.3) is 5.00 Å². The molecule has 0 radical (unpaired) electrons. The number of aryl methyl sites for hydroxylation is 3. The van der Waals surface area contributed by atoms with Gasteiger partial charge in [0.2, 0.25) is 0 Å². The fraction of sp³-hybridized carbons (Fsp3) is 0.368. The van der Waals surface area contributed by atoms with E-state index in [2.05, 4.69) is 24.0 Å². The number of ketones is 3. The summed E-state index contributed by atoms with van der Waals surface area (Å²) in [6.07, 6.45) is 3.36. The third kappa shape index (κ3) is 6.06. The minimum atomic E-state index is -0.892. The molecule has 12 heteroatoms. The molecule has 50 heavy (non-hydrogen) atoms. The maximum absolute atomic E-state index is 13.5. The van der Waals surface area contributed by atoms with Crippen LogP contribution in [-0.4, -0.2) is 60.6 Å². The van der Waals surface area contributed by atoms with E-state index in [1.54, 1.807) is 23.5 Å². The smallest absolute Gasteiger partial charge is 0.262 e. The lowest BCUT2D eigenvalue weighted by molar-refractivity contribution is -0.132. The lowest BCUT2D eigenvalue weighted by Crippen LogP contribution is -2.47. The molecule has 2 aliphatic heterocycles. The highest BCUT2D eigenvalue weighted by Gasteiger charge is 2.45. The van der Waals surface area contributed by atoms with Crippen molar-refractivity contribution in [3.05, 3.63) is 97.4 Å². The first-order valence-electron chi connectivity index (χ1n) is 17.0. The minimum absolute atomic E-state index is 0.0761. The Labute approximate surface area is 298 Å². The highest BCUT2D eigenvalue weighted by atomic mass is 35.5. The third-order valence-corrected chi connectivity index (χ3v) is 11.4. The number of amides is 2. The zero-order valence-corrected chi connectivity index (χ0v) is 29.7. The van der Waals surface area contributed by atoms with Gasteiger partial charge < -0.3 is 0 Å². The average molecular weight is 710 g/mol. The van der Waals surface area contributed by atoms with Crippen LogP contribution < -0.4 is 0 Å². The number of fused-ring (bicyclic) bond motifs is 4. The first-order valence-corrected chi connectivity index (χ1v) is 18.1. The molecule has 2 amide bonds. The summed E-state index contributed by atoms with van der Waals surface area (Å²) < 4.78 is 2.04. The van der Waals surface area contributed by atoms with Gasteiger partial charge in [0, 0.05) is 40.3 Å². The van der Waals surface area contributed by atoms with Crippen LogP contribution >= 0.6 is 22.9 Å². The summed E-state index contributed by atoms with van der Waals surface area (Å²) in [6, 6.07) is 11.4. The van der Waals surface area contributed by atoms with Crippen LogP contribution in [0.4, 0.5) is 0 Å². The standard InChI is InChI=1S/C38H36ClN5O5S/c1-20-21(2)50-38-32(20)34(24-12-14-25(39)15-13-24)40-29(35-42-41-22(3)43(35)38)18-26(45)10-6-4-5-8-23-9-7-11-28-33(23)37(49)44(36(28)48)30-17-16-27(46)19-31(30)47/h7,9,11-15,29-30H,4-6,8,10,16-19H2,1-3H3/t29-,30?/m0/s1. The number of unbranched alkanes of at least 4 members (excludes halogenated alkanes) is 2. The summed E-state index contributed by atoms with van der Waals surface area (Å²) in [7, 11) is 0. The molecule has 1 aliphatic carbocycles. The number of hydrogen-bond donors (Lipinski definition) is 0. The van der Waals surface area contributed by atoms with Gasteiger partial charge in [0.05, 0.1) is 29.3 Å². The van der Waals surface area contributed by atoms with Gasteiger partial charge in [-0.25, -0.2) is 0 Å². The minimum Gasteiger partial charge on any atom is -0.300 e. The molecule has 1 saturated carbocycles. The van der Waals surface area contributed by atoms with Crippen molar-refractivity contribution in [3.8, 4) is 5.00 Å². The lowest BCUT2D eigenvalue weighted by Gasteiger charge is -2.27. The summed E-state index contributed by atoms with van der Waals surface area (Å²) in [5.74, 6) is -0.0163. The molecular formula is C38H36ClN5O5S. The van der Waals surface area contributed by atoms with Crippen LogP contribution in [0.5, 0.6) is 0 Å². The molecular weight excluding hydrogens is 674 g/mol. The quantitative estimate of drug-likeness (QED) is 0.1000. The maximum atomic E-state index is 13.5.